The number of halogens is 1. The van der Waals surface area contributed by atoms with Crippen LogP contribution in [0.25, 0.3) is 0 Å². The van der Waals surface area contributed by atoms with Gasteiger partial charge < -0.3 is 9.47 Å². The monoisotopic (exact) mass is 440 g/mol. The number of aromatic nitrogens is 4. The van der Waals surface area contributed by atoms with E-state index in [2.05, 4.69) is 15.1 Å². The smallest absolute Gasteiger partial charge is 0.338 e. The van der Waals surface area contributed by atoms with Crippen molar-refractivity contribution in [3.05, 3.63) is 93.9 Å². The summed E-state index contributed by atoms with van der Waals surface area (Å²) in [6, 6.07) is 14.0. The third-order valence-corrected chi connectivity index (χ3v) is 5.16. The van der Waals surface area contributed by atoms with Crippen molar-refractivity contribution in [2.24, 2.45) is 0 Å². The first kappa shape index (κ1) is 20.1. The van der Waals surface area contributed by atoms with E-state index in [1.54, 1.807) is 52.9 Å². The Balaban J connectivity index is 1.44. The maximum atomic E-state index is 12.7. The highest BCUT2D eigenvalue weighted by Gasteiger charge is 2.19. The first-order valence-corrected chi connectivity index (χ1v) is 10.4. The lowest BCUT2D eigenvalue weighted by Crippen LogP contribution is -2.17. The number of carbonyl (C=O) groups is 1. The van der Waals surface area contributed by atoms with E-state index in [0.29, 0.717) is 29.5 Å². The normalized spacial score (nSPS) is 11.8. The molecule has 0 saturated heterocycles. The summed E-state index contributed by atoms with van der Waals surface area (Å²) in [5, 5.41) is 6.64. The average Bonchev–Trinajstić information content (AvgIpc) is 3.47. The van der Waals surface area contributed by atoms with Crippen molar-refractivity contribution in [2.75, 3.05) is 0 Å². The number of benzene rings is 2. The summed E-state index contributed by atoms with van der Waals surface area (Å²) in [4.78, 5) is 20.8. The Morgan fingerprint density at radius 2 is 1.93 bits per heavy atom. The van der Waals surface area contributed by atoms with Crippen molar-refractivity contribution in [2.45, 2.75) is 19.3 Å². The van der Waals surface area contributed by atoms with Gasteiger partial charge in [0.25, 0.3) is 0 Å². The second-order valence-corrected chi connectivity index (χ2v) is 7.51. The molecule has 0 N–H and O–H groups in total. The van der Waals surface area contributed by atoms with Gasteiger partial charge in [0.15, 0.2) is 0 Å². The van der Waals surface area contributed by atoms with E-state index in [9.17, 15) is 4.79 Å². The van der Waals surface area contributed by atoms with Gasteiger partial charge in [0.1, 0.15) is 31.1 Å². The summed E-state index contributed by atoms with van der Waals surface area (Å²) in [5.74, 6) is 0.206. The maximum absolute atomic E-state index is 12.7. The fourth-order valence-electron chi connectivity index (χ4n) is 2.74. The molecule has 1 atom stereocenters. The van der Waals surface area contributed by atoms with Crippen molar-refractivity contribution >= 4 is 28.9 Å². The van der Waals surface area contributed by atoms with Crippen LogP contribution in [-0.4, -0.2) is 25.7 Å². The van der Waals surface area contributed by atoms with Gasteiger partial charge >= 0.3 is 5.97 Å². The molecule has 0 bridgehead atoms. The molecule has 0 fully saturated rings. The second kappa shape index (κ2) is 9.51. The number of thiazole rings is 1. The number of esters is 1. The van der Waals surface area contributed by atoms with Gasteiger partial charge in [-0.2, -0.15) is 5.10 Å². The van der Waals surface area contributed by atoms with Crippen LogP contribution in [0.4, 0.5) is 0 Å². The molecule has 0 saturated carbocycles. The van der Waals surface area contributed by atoms with E-state index in [0.717, 1.165) is 11.3 Å². The van der Waals surface area contributed by atoms with Crippen LogP contribution in [0.3, 0.4) is 0 Å². The Hall–Kier alpha value is -3.23. The summed E-state index contributed by atoms with van der Waals surface area (Å²) in [5.41, 5.74) is 3.86. The van der Waals surface area contributed by atoms with Crippen LogP contribution in [0.1, 0.15) is 27.7 Å². The lowest BCUT2D eigenvalue weighted by molar-refractivity contribution is 0.0246. The van der Waals surface area contributed by atoms with Gasteiger partial charge in [-0.3, -0.25) is 0 Å². The number of hydrogen-bond acceptors (Lipinski definition) is 7. The van der Waals surface area contributed by atoms with Crippen molar-refractivity contribution in [3.8, 4) is 5.75 Å². The zero-order valence-electron chi connectivity index (χ0n) is 15.7. The molecule has 152 valence electrons. The highest BCUT2D eigenvalue weighted by molar-refractivity contribution is 7.07. The lowest BCUT2D eigenvalue weighted by Gasteiger charge is -2.18. The molecule has 1 unspecified atom stereocenters. The van der Waals surface area contributed by atoms with Crippen LogP contribution in [-0.2, 0) is 17.9 Å². The summed E-state index contributed by atoms with van der Waals surface area (Å²) >= 11 is 7.50. The largest absolute Gasteiger partial charge is 0.487 e. The van der Waals surface area contributed by atoms with E-state index < -0.39 is 12.1 Å². The van der Waals surface area contributed by atoms with E-state index in [4.69, 9.17) is 21.1 Å². The van der Waals surface area contributed by atoms with E-state index in [1.807, 2.05) is 17.5 Å². The van der Waals surface area contributed by atoms with Crippen molar-refractivity contribution in [3.63, 3.8) is 0 Å². The van der Waals surface area contributed by atoms with Crippen LogP contribution >= 0.6 is 22.9 Å². The fourth-order valence-corrected chi connectivity index (χ4v) is 3.40. The Labute approximate surface area is 181 Å². The Morgan fingerprint density at radius 3 is 2.60 bits per heavy atom. The first-order chi connectivity index (χ1) is 14.7. The second-order valence-electron chi connectivity index (χ2n) is 6.36. The number of hydrogen-bond donors (Lipinski definition) is 0. The summed E-state index contributed by atoms with van der Waals surface area (Å²) < 4.78 is 13.1. The summed E-state index contributed by atoms with van der Waals surface area (Å²) in [6.07, 6.45) is 2.47. The van der Waals surface area contributed by atoms with Gasteiger partial charge in [-0.25, -0.2) is 19.4 Å². The highest BCUT2D eigenvalue weighted by atomic mass is 35.5. The van der Waals surface area contributed by atoms with Crippen LogP contribution < -0.4 is 4.74 Å². The maximum Gasteiger partial charge on any atom is 0.338 e. The number of nitrogens with zero attached hydrogens (tertiary/aromatic N) is 4. The average molecular weight is 441 g/mol. The fraction of sp³-hybridized carbons (Fsp3) is 0.143. The van der Waals surface area contributed by atoms with E-state index in [-0.39, 0.29) is 0 Å². The van der Waals surface area contributed by atoms with Gasteiger partial charge in [-0.05, 0) is 42.0 Å². The van der Waals surface area contributed by atoms with Crippen molar-refractivity contribution < 1.29 is 14.3 Å². The molecule has 0 aliphatic carbocycles. The van der Waals surface area contributed by atoms with Crippen LogP contribution in [0.5, 0.6) is 5.75 Å². The molecule has 0 spiro atoms. The minimum atomic E-state index is -0.544. The third kappa shape index (κ3) is 5.22. The van der Waals surface area contributed by atoms with Crippen LogP contribution in [0.15, 0.2) is 72.1 Å². The minimum Gasteiger partial charge on any atom is -0.487 e. The molecular weight excluding hydrogens is 424 g/mol. The number of carbonyl (C=O) groups excluding carboxylic acids is 1. The molecule has 4 aromatic rings. The van der Waals surface area contributed by atoms with Gasteiger partial charge in [0, 0.05) is 10.4 Å². The molecule has 0 amide bonds. The topological polar surface area (TPSA) is 79.1 Å². The molecule has 0 aliphatic heterocycles. The molecule has 2 heterocycles. The number of rotatable bonds is 8. The standard InChI is InChI=1S/C21H17ClN4O3S/c22-17-5-1-15(2-6-17)20(9-26-13-23-12-25-26)29-21(27)16-3-7-19(8-4-16)28-10-18-11-30-14-24-18/h1-8,11-14,20H,9-10H2. The zero-order chi connectivity index (χ0) is 20.8. The van der Waals surface area contributed by atoms with Crippen LogP contribution in [0, 0.1) is 0 Å². The van der Waals surface area contributed by atoms with Crippen molar-refractivity contribution in [1.82, 2.24) is 19.7 Å². The van der Waals surface area contributed by atoms with Gasteiger partial charge in [-0.1, -0.05) is 23.7 Å². The Kier molecular flexibility index (Phi) is 6.36. The molecule has 0 radical (unpaired) electrons. The molecule has 9 heteroatoms. The third-order valence-electron chi connectivity index (χ3n) is 4.27. The molecule has 2 aromatic heterocycles. The molecule has 4 rings (SSSR count). The molecule has 7 nitrogen and oxygen atoms in total. The summed E-state index contributed by atoms with van der Waals surface area (Å²) in [6.45, 7) is 0.714. The zero-order valence-corrected chi connectivity index (χ0v) is 17.3. The van der Waals surface area contributed by atoms with E-state index >= 15 is 0 Å². The Bertz CT molecular complexity index is 1070. The van der Waals surface area contributed by atoms with Crippen molar-refractivity contribution in [1.29, 1.82) is 0 Å². The quantitative estimate of drug-likeness (QED) is 0.373. The van der Waals surface area contributed by atoms with Gasteiger partial charge in [0.05, 0.1) is 23.3 Å². The molecule has 0 aliphatic rings. The predicted molar refractivity (Wildman–Crippen MR) is 113 cm³/mol. The number of ether oxygens (including phenoxy) is 2. The molecule has 2 aromatic carbocycles. The predicted octanol–water partition coefficient (Wildman–Crippen LogP) is 4.57. The Morgan fingerprint density at radius 1 is 1.13 bits per heavy atom. The van der Waals surface area contributed by atoms with E-state index in [1.165, 1.54) is 17.7 Å². The van der Waals surface area contributed by atoms with Gasteiger partial charge in [0.2, 0.25) is 0 Å². The lowest BCUT2D eigenvalue weighted by atomic mass is 10.1. The van der Waals surface area contributed by atoms with Crippen LogP contribution in [0.2, 0.25) is 5.02 Å². The minimum absolute atomic E-state index is 0.336. The SMILES string of the molecule is O=C(OC(Cn1cncn1)c1ccc(Cl)cc1)c1ccc(OCc2cscn2)cc1. The molecule has 30 heavy (non-hydrogen) atoms. The van der Waals surface area contributed by atoms with Gasteiger partial charge in [-0.15, -0.1) is 11.3 Å². The summed E-state index contributed by atoms with van der Waals surface area (Å²) in [7, 11) is 0. The first-order valence-electron chi connectivity index (χ1n) is 9.06. The highest BCUT2D eigenvalue weighted by Crippen LogP contribution is 2.24. The molecular formula is C21H17ClN4O3S.